The molecule has 1 fully saturated rings. The molecule has 20 heavy (non-hydrogen) atoms. The molecule has 3 nitrogen and oxygen atoms in total. The first kappa shape index (κ1) is 17.9. The smallest absolute Gasteiger partial charge is 0.0656 e. The Morgan fingerprint density at radius 2 is 1.75 bits per heavy atom. The second-order valence-corrected chi connectivity index (χ2v) is 7.60. The Labute approximate surface area is 125 Å². The molecule has 0 heterocycles. The summed E-state index contributed by atoms with van der Waals surface area (Å²) in [5.41, 5.74) is 0.258. The van der Waals surface area contributed by atoms with Crippen molar-refractivity contribution in [2.75, 3.05) is 26.4 Å². The van der Waals surface area contributed by atoms with E-state index >= 15 is 0 Å². The lowest BCUT2D eigenvalue weighted by Gasteiger charge is -2.52. The Balaban J connectivity index is 2.08. The van der Waals surface area contributed by atoms with Crippen LogP contribution in [0.25, 0.3) is 0 Å². The van der Waals surface area contributed by atoms with Crippen molar-refractivity contribution < 1.29 is 9.47 Å². The molecule has 0 aromatic heterocycles. The quantitative estimate of drug-likeness (QED) is 0.623. The average molecular weight is 285 g/mol. The van der Waals surface area contributed by atoms with E-state index in [2.05, 4.69) is 46.9 Å². The second kappa shape index (κ2) is 8.35. The van der Waals surface area contributed by atoms with Crippen LogP contribution >= 0.6 is 0 Å². The van der Waals surface area contributed by atoms with E-state index in [-0.39, 0.29) is 5.41 Å². The van der Waals surface area contributed by atoms with Crippen molar-refractivity contribution in [3.63, 3.8) is 0 Å². The average Bonchev–Trinajstić information content (AvgIpc) is 2.34. The first-order chi connectivity index (χ1) is 9.34. The molecule has 1 N–H and O–H groups in total. The van der Waals surface area contributed by atoms with Crippen molar-refractivity contribution in [1.82, 2.24) is 5.32 Å². The van der Waals surface area contributed by atoms with Gasteiger partial charge in [0.05, 0.1) is 6.10 Å². The predicted octanol–water partition coefficient (Wildman–Crippen LogP) is 3.48. The highest BCUT2D eigenvalue weighted by Crippen LogP contribution is 2.42. The van der Waals surface area contributed by atoms with E-state index in [9.17, 15) is 0 Å². The molecule has 3 heteroatoms. The Hall–Kier alpha value is -0.120. The van der Waals surface area contributed by atoms with Gasteiger partial charge in [-0.05, 0) is 31.2 Å². The lowest BCUT2D eigenvalue weighted by Crippen LogP contribution is -2.61. The van der Waals surface area contributed by atoms with Gasteiger partial charge in [0, 0.05) is 31.3 Å². The Morgan fingerprint density at radius 3 is 2.30 bits per heavy atom. The molecule has 1 aliphatic rings. The monoisotopic (exact) mass is 285 g/mol. The van der Waals surface area contributed by atoms with E-state index in [1.54, 1.807) is 0 Å². The van der Waals surface area contributed by atoms with Crippen molar-refractivity contribution in [2.45, 2.75) is 66.5 Å². The van der Waals surface area contributed by atoms with Crippen LogP contribution in [0, 0.1) is 17.3 Å². The van der Waals surface area contributed by atoms with Gasteiger partial charge in [0.2, 0.25) is 0 Å². The Kier molecular flexibility index (Phi) is 7.49. The minimum Gasteiger partial charge on any atom is -0.381 e. The van der Waals surface area contributed by atoms with Gasteiger partial charge >= 0.3 is 0 Å². The number of hydrogen-bond donors (Lipinski definition) is 1. The van der Waals surface area contributed by atoms with Gasteiger partial charge in [-0.25, -0.2) is 0 Å². The highest BCUT2D eigenvalue weighted by atomic mass is 16.5. The van der Waals surface area contributed by atoms with Crippen molar-refractivity contribution >= 4 is 0 Å². The van der Waals surface area contributed by atoms with E-state index in [4.69, 9.17) is 9.47 Å². The number of rotatable bonds is 10. The molecule has 1 saturated carbocycles. The largest absolute Gasteiger partial charge is 0.381 e. The molecule has 0 radical (unpaired) electrons. The molecule has 0 amide bonds. The van der Waals surface area contributed by atoms with Crippen LogP contribution in [0.15, 0.2) is 0 Å². The van der Waals surface area contributed by atoms with Crippen molar-refractivity contribution in [3.05, 3.63) is 0 Å². The first-order valence-electron chi connectivity index (χ1n) is 8.26. The molecule has 0 saturated heterocycles. The van der Waals surface area contributed by atoms with E-state index in [1.165, 1.54) is 0 Å². The normalized spacial score (nSPS) is 25.2. The zero-order chi connectivity index (χ0) is 15.2. The van der Waals surface area contributed by atoms with Gasteiger partial charge < -0.3 is 14.8 Å². The molecule has 0 aliphatic heterocycles. The lowest BCUT2D eigenvalue weighted by atomic mass is 9.64. The van der Waals surface area contributed by atoms with Crippen LogP contribution in [0.4, 0.5) is 0 Å². The maximum Gasteiger partial charge on any atom is 0.0656 e. The summed E-state index contributed by atoms with van der Waals surface area (Å²) in [4.78, 5) is 0. The predicted molar refractivity (Wildman–Crippen MR) is 85.0 cm³/mol. The van der Waals surface area contributed by atoms with Crippen molar-refractivity contribution in [1.29, 1.82) is 0 Å². The summed E-state index contributed by atoms with van der Waals surface area (Å²) in [5, 5.41) is 3.66. The number of ether oxygens (including phenoxy) is 2. The summed E-state index contributed by atoms with van der Waals surface area (Å²) in [7, 11) is 0. The van der Waals surface area contributed by atoms with Gasteiger partial charge in [-0.15, -0.1) is 0 Å². The Bertz CT molecular complexity index is 264. The summed E-state index contributed by atoms with van der Waals surface area (Å²) in [6.45, 7) is 17.1. The molecule has 0 aromatic rings. The molecule has 1 aliphatic carbocycles. The summed E-state index contributed by atoms with van der Waals surface area (Å²) in [6.07, 6.45) is 2.66. The highest BCUT2D eigenvalue weighted by molar-refractivity contribution is 5.02. The molecule has 120 valence electrons. The standard InChI is InChI=1S/C17H35NO2/c1-13(2)11-19-9-7-8-18-15-10-16(17(15,5)6)20-12-14(3)4/h13-16,18H,7-12H2,1-6H3. The SMILES string of the molecule is CC(C)COCCCNC1CC(OCC(C)C)C1(C)C. The van der Waals surface area contributed by atoms with Crippen molar-refractivity contribution in [2.24, 2.45) is 17.3 Å². The van der Waals surface area contributed by atoms with E-state index in [1.807, 2.05) is 0 Å². The van der Waals surface area contributed by atoms with Gasteiger partial charge in [-0.1, -0.05) is 41.5 Å². The van der Waals surface area contributed by atoms with Gasteiger partial charge in [0.25, 0.3) is 0 Å². The number of nitrogens with one attached hydrogen (secondary N) is 1. The summed E-state index contributed by atoms with van der Waals surface area (Å²) in [5.74, 6) is 1.25. The molecular formula is C17H35NO2. The number of hydrogen-bond acceptors (Lipinski definition) is 3. The topological polar surface area (TPSA) is 30.5 Å². The third-order valence-electron chi connectivity index (χ3n) is 4.12. The second-order valence-electron chi connectivity index (χ2n) is 7.60. The fourth-order valence-electron chi connectivity index (χ4n) is 2.59. The molecule has 1 rings (SSSR count). The zero-order valence-corrected chi connectivity index (χ0v) is 14.4. The molecule has 0 spiro atoms. The third kappa shape index (κ3) is 5.71. The van der Waals surface area contributed by atoms with E-state index < -0.39 is 0 Å². The maximum absolute atomic E-state index is 5.99. The molecule has 2 atom stereocenters. The van der Waals surface area contributed by atoms with Gasteiger partial charge in [0.1, 0.15) is 0 Å². The molecule has 2 unspecified atom stereocenters. The minimum atomic E-state index is 0.258. The third-order valence-corrected chi connectivity index (χ3v) is 4.12. The van der Waals surface area contributed by atoms with Crippen LogP contribution in [0.1, 0.15) is 54.4 Å². The zero-order valence-electron chi connectivity index (χ0n) is 14.4. The van der Waals surface area contributed by atoms with E-state index in [0.29, 0.717) is 24.0 Å². The molecule has 0 aromatic carbocycles. The minimum absolute atomic E-state index is 0.258. The molecule has 0 bridgehead atoms. The lowest BCUT2D eigenvalue weighted by molar-refractivity contribution is -0.123. The maximum atomic E-state index is 5.99. The summed E-state index contributed by atoms with van der Waals surface area (Å²) >= 11 is 0. The van der Waals surface area contributed by atoms with E-state index in [0.717, 1.165) is 39.2 Å². The van der Waals surface area contributed by atoms with Crippen LogP contribution in [0.5, 0.6) is 0 Å². The fraction of sp³-hybridized carbons (Fsp3) is 1.00. The highest BCUT2D eigenvalue weighted by Gasteiger charge is 2.48. The van der Waals surface area contributed by atoms with Crippen LogP contribution in [0.2, 0.25) is 0 Å². The van der Waals surface area contributed by atoms with Gasteiger partial charge in [0.15, 0.2) is 0 Å². The van der Waals surface area contributed by atoms with Crippen LogP contribution in [0.3, 0.4) is 0 Å². The van der Waals surface area contributed by atoms with Crippen LogP contribution < -0.4 is 5.32 Å². The van der Waals surface area contributed by atoms with Crippen molar-refractivity contribution in [3.8, 4) is 0 Å². The Morgan fingerprint density at radius 1 is 1.10 bits per heavy atom. The summed E-state index contributed by atoms with van der Waals surface area (Å²) < 4.78 is 11.6. The summed E-state index contributed by atoms with van der Waals surface area (Å²) in [6, 6.07) is 0.588. The fourth-order valence-corrected chi connectivity index (χ4v) is 2.59. The van der Waals surface area contributed by atoms with Crippen LogP contribution in [-0.4, -0.2) is 38.5 Å². The van der Waals surface area contributed by atoms with Crippen LogP contribution in [-0.2, 0) is 9.47 Å². The van der Waals surface area contributed by atoms with Gasteiger partial charge in [-0.3, -0.25) is 0 Å². The first-order valence-corrected chi connectivity index (χ1v) is 8.26. The molecular weight excluding hydrogens is 250 g/mol. The van der Waals surface area contributed by atoms with Gasteiger partial charge in [-0.2, -0.15) is 0 Å².